The molecule has 5 heteroatoms. The van der Waals surface area contributed by atoms with E-state index in [0.717, 1.165) is 16.7 Å². The van der Waals surface area contributed by atoms with E-state index in [-0.39, 0.29) is 6.61 Å². The smallest absolute Gasteiger partial charge is 0.288 e. The van der Waals surface area contributed by atoms with Crippen LogP contribution in [0.4, 0.5) is 5.69 Å². The van der Waals surface area contributed by atoms with Crippen molar-refractivity contribution in [2.75, 3.05) is 11.7 Å². The largest absolute Gasteiger partial charge is 0.318 e. The Morgan fingerprint density at radius 3 is 2.84 bits per heavy atom. The lowest BCUT2D eigenvalue weighted by Crippen LogP contribution is -2.38. The number of rotatable bonds is 3. The van der Waals surface area contributed by atoms with Gasteiger partial charge in [-0.25, -0.2) is 4.79 Å². The average Bonchev–Trinajstić information content (AvgIpc) is 2.51. The van der Waals surface area contributed by atoms with E-state index in [1.165, 1.54) is 0 Å². The molecule has 98 valence electrons. The first-order valence-electron chi connectivity index (χ1n) is 5.99. The van der Waals surface area contributed by atoms with Crippen molar-refractivity contribution in [1.29, 1.82) is 0 Å². The molecule has 1 aromatic rings. The third kappa shape index (κ3) is 2.47. The van der Waals surface area contributed by atoms with Crippen LogP contribution >= 0.6 is 0 Å². The second-order valence-corrected chi connectivity index (χ2v) is 4.11. The van der Waals surface area contributed by atoms with Gasteiger partial charge in [-0.15, -0.1) is 0 Å². The summed E-state index contributed by atoms with van der Waals surface area (Å²) < 4.78 is 0. The Labute approximate surface area is 110 Å². The molecule has 1 atom stereocenters. The number of Topliss-reactive ketones (excluding diaryl/α,β-unsaturated/α-hetero) is 1. The fraction of sp³-hybridized carbons (Fsp3) is 0.286. The summed E-state index contributed by atoms with van der Waals surface area (Å²) in [6, 6.07) is 7.09. The molecule has 1 unspecified atom stereocenters. The predicted molar refractivity (Wildman–Crippen MR) is 68.0 cm³/mol. The first-order chi connectivity index (χ1) is 9.19. The van der Waals surface area contributed by atoms with Crippen LogP contribution in [0.3, 0.4) is 0 Å². The highest BCUT2D eigenvalue weighted by molar-refractivity contribution is 6.42. The molecule has 0 saturated heterocycles. The summed E-state index contributed by atoms with van der Waals surface area (Å²) in [6.07, 6.45) is 1.38. The lowest BCUT2D eigenvalue weighted by Gasteiger charge is -2.20. The van der Waals surface area contributed by atoms with Crippen LogP contribution in [0.5, 0.6) is 0 Å². The van der Waals surface area contributed by atoms with Crippen molar-refractivity contribution < 1.29 is 19.2 Å². The molecule has 0 N–H and O–H groups in total. The number of para-hydroxylation sites is 1. The summed E-state index contributed by atoms with van der Waals surface area (Å²) >= 11 is 0. The average molecular weight is 259 g/mol. The Morgan fingerprint density at radius 1 is 1.42 bits per heavy atom. The summed E-state index contributed by atoms with van der Waals surface area (Å²) in [7, 11) is 0. The molecule has 1 aliphatic rings. The van der Waals surface area contributed by atoms with Gasteiger partial charge in [0.15, 0.2) is 0 Å². The summed E-state index contributed by atoms with van der Waals surface area (Å²) in [5, 5.41) is 1.01. The highest BCUT2D eigenvalue weighted by Crippen LogP contribution is 2.28. The molecular formula is C14H13NO4. The van der Waals surface area contributed by atoms with Crippen LogP contribution in [-0.4, -0.2) is 24.2 Å². The second-order valence-electron chi connectivity index (χ2n) is 4.11. The summed E-state index contributed by atoms with van der Waals surface area (Å²) in [5.41, 5.74) is 1.33. The molecule has 0 saturated carbocycles. The molecule has 0 fully saturated rings. The van der Waals surface area contributed by atoms with Crippen molar-refractivity contribution in [1.82, 2.24) is 0 Å². The summed E-state index contributed by atoms with van der Waals surface area (Å²) in [6.45, 7) is 2.00. The Kier molecular flexibility index (Phi) is 3.90. The lowest BCUT2D eigenvalue weighted by molar-refractivity contribution is -0.141. The third-order valence-corrected chi connectivity index (χ3v) is 2.91. The third-order valence-electron chi connectivity index (χ3n) is 2.91. The molecule has 0 spiro atoms. The van der Waals surface area contributed by atoms with Crippen molar-refractivity contribution in [2.24, 2.45) is 5.92 Å². The van der Waals surface area contributed by atoms with Crippen molar-refractivity contribution in [3.8, 4) is 0 Å². The molecule has 2 rings (SSSR count). The molecule has 0 bridgehead atoms. The SMILES string of the molecule is CCON1C(=O)C(=O)C(C=C=O)Cc2ccccc21. The number of nitrogens with zero attached hydrogens (tertiary/aromatic N) is 1. The normalized spacial score (nSPS) is 18.6. The van der Waals surface area contributed by atoms with Gasteiger partial charge in [0.25, 0.3) is 0 Å². The van der Waals surface area contributed by atoms with E-state index in [1.54, 1.807) is 31.1 Å². The fourth-order valence-electron chi connectivity index (χ4n) is 2.05. The molecule has 1 aromatic carbocycles. The molecule has 1 heterocycles. The number of carbonyl (C=O) groups excluding carboxylic acids is 3. The van der Waals surface area contributed by atoms with Crippen molar-refractivity contribution in [2.45, 2.75) is 13.3 Å². The van der Waals surface area contributed by atoms with Gasteiger partial charge in [-0.1, -0.05) is 18.2 Å². The number of hydrogen-bond acceptors (Lipinski definition) is 4. The van der Waals surface area contributed by atoms with Gasteiger partial charge in [0.2, 0.25) is 5.78 Å². The Hall–Kier alpha value is -2.23. The number of hydroxylamine groups is 1. The van der Waals surface area contributed by atoms with Gasteiger partial charge in [0.1, 0.15) is 5.94 Å². The molecule has 5 nitrogen and oxygen atoms in total. The summed E-state index contributed by atoms with van der Waals surface area (Å²) in [4.78, 5) is 39.8. The van der Waals surface area contributed by atoms with Crippen LogP contribution in [0.1, 0.15) is 12.5 Å². The highest BCUT2D eigenvalue weighted by atomic mass is 16.7. The number of benzene rings is 1. The van der Waals surface area contributed by atoms with E-state index in [1.807, 2.05) is 6.07 Å². The lowest BCUT2D eigenvalue weighted by atomic mass is 9.96. The van der Waals surface area contributed by atoms with Crippen LogP contribution in [0, 0.1) is 5.92 Å². The Balaban J connectivity index is 2.52. The van der Waals surface area contributed by atoms with Gasteiger partial charge in [0.05, 0.1) is 18.2 Å². The van der Waals surface area contributed by atoms with Gasteiger partial charge in [-0.3, -0.25) is 14.4 Å². The zero-order chi connectivity index (χ0) is 13.8. The minimum absolute atomic E-state index is 0.265. The van der Waals surface area contributed by atoms with E-state index in [2.05, 4.69) is 0 Å². The van der Waals surface area contributed by atoms with Crippen LogP contribution in [0.25, 0.3) is 0 Å². The standard InChI is InChI=1S/C14H13NO4/c1-2-19-15-12-6-4-3-5-10(12)9-11(7-8-16)13(17)14(15)18/h3-7,11H,2,9H2,1H3. The van der Waals surface area contributed by atoms with Crippen LogP contribution in [-0.2, 0) is 25.6 Å². The van der Waals surface area contributed by atoms with E-state index in [0.29, 0.717) is 12.1 Å². The van der Waals surface area contributed by atoms with Gasteiger partial charge in [-0.05, 0) is 25.0 Å². The number of ketones is 1. The molecular weight excluding hydrogens is 246 g/mol. The topological polar surface area (TPSA) is 63.7 Å². The quantitative estimate of drug-likeness (QED) is 0.602. The Bertz CT molecular complexity index is 560. The number of allylic oxidation sites excluding steroid dienone is 1. The summed E-state index contributed by atoms with van der Waals surface area (Å²) in [5.74, 6) is -0.615. The fourth-order valence-corrected chi connectivity index (χ4v) is 2.05. The van der Waals surface area contributed by atoms with Crippen molar-refractivity contribution in [3.63, 3.8) is 0 Å². The maximum absolute atomic E-state index is 12.1. The maximum Gasteiger partial charge on any atom is 0.318 e. The minimum Gasteiger partial charge on any atom is -0.288 e. The highest BCUT2D eigenvalue weighted by Gasteiger charge is 2.35. The minimum atomic E-state index is -0.781. The number of hydrogen-bond donors (Lipinski definition) is 0. The van der Waals surface area contributed by atoms with E-state index in [9.17, 15) is 14.4 Å². The molecule has 0 radical (unpaired) electrons. The van der Waals surface area contributed by atoms with Gasteiger partial charge in [0, 0.05) is 6.08 Å². The predicted octanol–water partition coefficient (Wildman–Crippen LogP) is 1.10. The number of amides is 1. The number of anilines is 1. The second kappa shape index (κ2) is 5.61. The van der Waals surface area contributed by atoms with Crippen molar-refractivity contribution in [3.05, 3.63) is 35.9 Å². The zero-order valence-corrected chi connectivity index (χ0v) is 10.5. The van der Waals surface area contributed by atoms with E-state index < -0.39 is 17.6 Å². The molecule has 1 amide bonds. The first-order valence-corrected chi connectivity index (χ1v) is 5.99. The van der Waals surface area contributed by atoms with Crippen LogP contribution < -0.4 is 5.06 Å². The van der Waals surface area contributed by atoms with Crippen LogP contribution in [0.15, 0.2) is 30.3 Å². The molecule has 19 heavy (non-hydrogen) atoms. The van der Waals surface area contributed by atoms with Gasteiger partial charge in [-0.2, -0.15) is 5.06 Å². The number of fused-ring (bicyclic) bond motifs is 1. The molecule has 0 aliphatic carbocycles. The monoisotopic (exact) mass is 259 g/mol. The number of carbonyl (C=O) groups is 2. The molecule has 0 aromatic heterocycles. The maximum atomic E-state index is 12.1. The van der Waals surface area contributed by atoms with E-state index >= 15 is 0 Å². The zero-order valence-electron chi connectivity index (χ0n) is 10.5. The molecule has 1 aliphatic heterocycles. The van der Waals surface area contributed by atoms with Gasteiger partial charge >= 0.3 is 5.91 Å². The van der Waals surface area contributed by atoms with E-state index in [4.69, 9.17) is 4.84 Å². The first kappa shape index (κ1) is 13.2. The van der Waals surface area contributed by atoms with Crippen molar-refractivity contribution >= 4 is 23.3 Å². The van der Waals surface area contributed by atoms with Gasteiger partial charge < -0.3 is 0 Å². The Morgan fingerprint density at radius 2 is 2.16 bits per heavy atom. The van der Waals surface area contributed by atoms with Crippen LogP contribution in [0.2, 0.25) is 0 Å².